The first-order valence-electron chi connectivity index (χ1n) is 8.94. The van der Waals surface area contributed by atoms with Crippen molar-refractivity contribution in [2.45, 2.75) is 30.7 Å². The summed E-state index contributed by atoms with van der Waals surface area (Å²) in [4.78, 5) is 36.8. The van der Waals surface area contributed by atoms with E-state index in [4.69, 9.17) is 9.47 Å². The van der Waals surface area contributed by atoms with Gasteiger partial charge in [-0.3, -0.25) is 9.59 Å². The maximum atomic E-state index is 12.8. The predicted octanol–water partition coefficient (Wildman–Crippen LogP) is 2.76. The normalized spacial score (nSPS) is 33.8. The van der Waals surface area contributed by atoms with Crippen LogP contribution in [0, 0.1) is 23.7 Å². The molecule has 0 unspecified atom stereocenters. The van der Waals surface area contributed by atoms with Crippen LogP contribution in [-0.2, 0) is 19.1 Å². The first kappa shape index (κ1) is 17.5. The van der Waals surface area contributed by atoms with Crippen molar-refractivity contribution in [1.29, 1.82) is 0 Å². The molecule has 2 saturated carbocycles. The van der Waals surface area contributed by atoms with Crippen molar-refractivity contribution >= 4 is 39.5 Å². The van der Waals surface area contributed by atoms with Crippen molar-refractivity contribution in [3.8, 4) is 0 Å². The third kappa shape index (κ3) is 2.73. The van der Waals surface area contributed by atoms with Gasteiger partial charge in [0.1, 0.15) is 6.10 Å². The number of benzene rings is 1. The maximum absolute atomic E-state index is 12.8. The van der Waals surface area contributed by atoms with Gasteiger partial charge in [0.15, 0.2) is 0 Å². The van der Waals surface area contributed by atoms with Gasteiger partial charge in [0, 0.05) is 11.6 Å². The monoisotopic (exact) mass is 421 g/mol. The Morgan fingerprint density at radius 2 is 2.00 bits per heavy atom. The van der Waals surface area contributed by atoms with Gasteiger partial charge in [0.25, 0.3) is 0 Å². The Labute approximate surface area is 159 Å². The molecule has 1 heterocycles. The Morgan fingerprint density at radius 1 is 1.27 bits per heavy atom. The molecule has 2 aliphatic carbocycles. The van der Waals surface area contributed by atoms with Crippen LogP contribution in [0.1, 0.15) is 30.1 Å². The molecule has 2 bridgehead atoms. The fraction of sp³-hybridized carbons (Fsp3) is 0.526. The number of hydrogen-bond acceptors (Lipinski definition) is 5. The molecule has 6 atom stereocenters. The number of ether oxygens (including phenoxy) is 2. The van der Waals surface area contributed by atoms with Crippen LogP contribution in [0.3, 0.4) is 0 Å². The molecule has 3 aliphatic rings. The molecule has 1 aliphatic heterocycles. The second-order valence-corrected chi connectivity index (χ2v) is 8.22. The Bertz CT molecular complexity index is 749. The molecule has 3 fully saturated rings. The highest BCUT2D eigenvalue weighted by Crippen LogP contribution is 2.60. The second kappa shape index (κ2) is 6.68. The molecule has 7 heteroatoms. The Balaban J connectivity index is 1.44. The zero-order chi connectivity index (χ0) is 18.4. The van der Waals surface area contributed by atoms with Gasteiger partial charge >= 0.3 is 11.9 Å². The number of hydrogen-bond donors (Lipinski definition) is 1. The van der Waals surface area contributed by atoms with E-state index in [0.717, 1.165) is 12.8 Å². The first-order chi connectivity index (χ1) is 12.5. The molecule has 1 aromatic rings. The lowest BCUT2D eigenvalue weighted by molar-refractivity contribution is -0.145. The largest absolute Gasteiger partial charge is 0.462 e. The number of rotatable bonds is 5. The van der Waals surface area contributed by atoms with Crippen molar-refractivity contribution in [3.05, 3.63) is 29.8 Å². The van der Waals surface area contributed by atoms with Crippen LogP contribution in [0.15, 0.2) is 24.3 Å². The van der Waals surface area contributed by atoms with Gasteiger partial charge in [0.05, 0.1) is 28.8 Å². The van der Waals surface area contributed by atoms with Gasteiger partial charge in [-0.25, -0.2) is 4.79 Å². The smallest absolute Gasteiger partial charge is 0.338 e. The molecule has 4 rings (SSSR count). The lowest BCUT2D eigenvalue weighted by atomic mass is 9.79. The van der Waals surface area contributed by atoms with Crippen molar-refractivity contribution in [3.63, 3.8) is 0 Å². The zero-order valence-corrected chi connectivity index (χ0v) is 15.9. The minimum Gasteiger partial charge on any atom is -0.462 e. The van der Waals surface area contributed by atoms with Crippen LogP contribution in [0.4, 0.5) is 5.69 Å². The SMILES string of the molecule is CCCOC(=O)c1ccc(NC(=O)[C@@H]2[C@H]3C[C@H]4[C@H](OC(=O)[C@H]42)[C@@H]3Br)cc1. The standard InChI is InChI=1S/C19H20BrNO5/c1-2-7-25-18(23)9-3-5-10(6-4-9)21-17(22)13-11-8-12-14(13)19(24)26-16(12)15(11)20/h3-6,11-16H,2,7-8H2,1H3,(H,21,22)/t11-,12-,13-,14-,15-,16+/m1/s1. The lowest BCUT2D eigenvalue weighted by Gasteiger charge is -2.27. The van der Waals surface area contributed by atoms with E-state index in [9.17, 15) is 14.4 Å². The van der Waals surface area contributed by atoms with Crippen LogP contribution in [0.25, 0.3) is 0 Å². The van der Waals surface area contributed by atoms with E-state index in [1.54, 1.807) is 24.3 Å². The van der Waals surface area contributed by atoms with E-state index in [2.05, 4.69) is 21.2 Å². The van der Waals surface area contributed by atoms with Gasteiger partial charge in [-0.05, 0) is 43.0 Å². The van der Waals surface area contributed by atoms with Crippen LogP contribution in [0.2, 0.25) is 0 Å². The Kier molecular flexibility index (Phi) is 4.50. The number of amides is 1. The number of nitrogens with one attached hydrogen (secondary N) is 1. The summed E-state index contributed by atoms with van der Waals surface area (Å²) in [5.74, 6) is -1.23. The number of carbonyl (C=O) groups excluding carboxylic acids is 3. The van der Waals surface area contributed by atoms with Gasteiger partial charge in [-0.1, -0.05) is 22.9 Å². The second-order valence-electron chi connectivity index (χ2n) is 7.16. The highest BCUT2D eigenvalue weighted by Gasteiger charge is 2.67. The third-order valence-electron chi connectivity index (χ3n) is 5.65. The first-order valence-corrected chi connectivity index (χ1v) is 9.85. The highest BCUT2D eigenvalue weighted by molar-refractivity contribution is 9.09. The maximum Gasteiger partial charge on any atom is 0.338 e. The molecule has 1 amide bonds. The topological polar surface area (TPSA) is 81.7 Å². The average Bonchev–Trinajstić information content (AvgIpc) is 3.24. The summed E-state index contributed by atoms with van der Waals surface area (Å²) in [6, 6.07) is 6.60. The lowest BCUT2D eigenvalue weighted by Crippen LogP contribution is -2.40. The van der Waals surface area contributed by atoms with E-state index >= 15 is 0 Å². The van der Waals surface area contributed by atoms with Crippen molar-refractivity contribution < 1.29 is 23.9 Å². The van der Waals surface area contributed by atoms with Crippen LogP contribution in [-0.4, -0.2) is 35.4 Å². The van der Waals surface area contributed by atoms with E-state index < -0.39 is 0 Å². The number of fused-ring (bicyclic) bond motifs is 1. The predicted molar refractivity (Wildman–Crippen MR) is 96.8 cm³/mol. The minimum atomic E-state index is -0.375. The molecular formula is C19H20BrNO5. The molecule has 26 heavy (non-hydrogen) atoms. The average molecular weight is 422 g/mol. The number of halogens is 1. The molecule has 1 aromatic carbocycles. The Hall–Kier alpha value is -1.89. The summed E-state index contributed by atoms with van der Waals surface area (Å²) >= 11 is 3.61. The summed E-state index contributed by atoms with van der Waals surface area (Å²) in [5, 5.41) is 2.88. The summed E-state index contributed by atoms with van der Waals surface area (Å²) in [6.07, 6.45) is 1.52. The number of anilines is 1. The van der Waals surface area contributed by atoms with E-state index in [1.807, 2.05) is 6.92 Å². The fourth-order valence-corrected chi connectivity index (χ4v) is 5.57. The van der Waals surface area contributed by atoms with Crippen molar-refractivity contribution in [1.82, 2.24) is 0 Å². The third-order valence-corrected chi connectivity index (χ3v) is 6.85. The number of carbonyl (C=O) groups is 3. The number of alkyl halides is 1. The van der Waals surface area contributed by atoms with Gasteiger partial charge in [-0.2, -0.15) is 0 Å². The van der Waals surface area contributed by atoms with E-state index in [0.29, 0.717) is 17.9 Å². The highest BCUT2D eigenvalue weighted by atomic mass is 79.9. The summed E-state index contributed by atoms with van der Waals surface area (Å²) in [5.41, 5.74) is 1.04. The minimum absolute atomic E-state index is 0.0432. The van der Waals surface area contributed by atoms with Gasteiger partial charge in [0.2, 0.25) is 5.91 Å². The van der Waals surface area contributed by atoms with Crippen LogP contribution >= 0.6 is 15.9 Å². The van der Waals surface area contributed by atoms with Gasteiger partial charge in [-0.15, -0.1) is 0 Å². The molecule has 1 N–H and O–H groups in total. The van der Waals surface area contributed by atoms with E-state index in [-0.39, 0.29) is 52.4 Å². The molecular weight excluding hydrogens is 402 g/mol. The number of esters is 2. The van der Waals surface area contributed by atoms with Gasteiger partial charge < -0.3 is 14.8 Å². The summed E-state index contributed by atoms with van der Waals surface area (Å²) in [6.45, 7) is 2.31. The summed E-state index contributed by atoms with van der Waals surface area (Å²) in [7, 11) is 0. The fourth-order valence-electron chi connectivity index (χ4n) is 4.52. The quantitative estimate of drug-likeness (QED) is 0.583. The van der Waals surface area contributed by atoms with E-state index in [1.165, 1.54) is 0 Å². The molecule has 6 nitrogen and oxygen atoms in total. The molecule has 0 spiro atoms. The molecule has 1 saturated heterocycles. The molecule has 138 valence electrons. The van der Waals surface area contributed by atoms with Crippen LogP contribution in [0.5, 0.6) is 0 Å². The molecule has 0 aromatic heterocycles. The van der Waals surface area contributed by atoms with Crippen molar-refractivity contribution in [2.24, 2.45) is 23.7 Å². The zero-order valence-electron chi connectivity index (χ0n) is 14.3. The molecule has 0 radical (unpaired) electrons. The Morgan fingerprint density at radius 3 is 2.69 bits per heavy atom. The summed E-state index contributed by atoms with van der Waals surface area (Å²) < 4.78 is 10.5. The van der Waals surface area contributed by atoms with Crippen LogP contribution < -0.4 is 5.32 Å². The van der Waals surface area contributed by atoms with Crippen molar-refractivity contribution in [2.75, 3.05) is 11.9 Å².